The third-order valence-corrected chi connectivity index (χ3v) is 3.28. The van der Waals surface area contributed by atoms with Crippen LogP contribution in [0.4, 0.5) is 0 Å². The van der Waals surface area contributed by atoms with Gasteiger partial charge in [0.15, 0.2) is 5.76 Å². The molecule has 0 unspecified atom stereocenters. The van der Waals surface area contributed by atoms with E-state index in [0.717, 1.165) is 18.7 Å². The summed E-state index contributed by atoms with van der Waals surface area (Å²) >= 11 is 0. The summed E-state index contributed by atoms with van der Waals surface area (Å²) in [6.45, 7) is 5.51. The first-order valence-electron chi connectivity index (χ1n) is 6.02. The Kier molecular flexibility index (Phi) is 3.67. The van der Waals surface area contributed by atoms with Gasteiger partial charge in [-0.1, -0.05) is 36.9 Å². The zero-order chi connectivity index (χ0) is 13.1. The molecule has 0 aromatic heterocycles. The van der Waals surface area contributed by atoms with Crippen LogP contribution < -0.4 is 0 Å². The predicted octanol–water partition coefficient (Wildman–Crippen LogP) is 1.57. The molecule has 96 valence electrons. The molecule has 0 aliphatic carbocycles. The Bertz CT molecular complexity index is 444. The Morgan fingerprint density at radius 3 is 2.61 bits per heavy atom. The molecule has 4 nitrogen and oxygen atoms in total. The lowest BCUT2D eigenvalue weighted by molar-refractivity contribution is -0.134. The number of nitrogens with zero attached hydrogens (tertiary/aromatic N) is 2. The maximum absolute atomic E-state index is 11.9. The van der Waals surface area contributed by atoms with Crippen molar-refractivity contribution < 1.29 is 9.90 Å². The summed E-state index contributed by atoms with van der Waals surface area (Å²) < 4.78 is 0. The van der Waals surface area contributed by atoms with E-state index in [1.165, 1.54) is 0 Å². The van der Waals surface area contributed by atoms with Crippen molar-refractivity contribution in [3.63, 3.8) is 0 Å². The maximum atomic E-state index is 11.9. The monoisotopic (exact) mass is 246 g/mol. The second-order valence-electron chi connectivity index (χ2n) is 4.63. The molecule has 2 rings (SSSR count). The molecule has 0 saturated carbocycles. The summed E-state index contributed by atoms with van der Waals surface area (Å²) in [4.78, 5) is 15.8. The van der Waals surface area contributed by atoms with E-state index in [1.54, 1.807) is 4.90 Å². The summed E-state index contributed by atoms with van der Waals surface area (Å²) in [5.74, 6) is -0.766. The first-order valence-corrected chi connectivity index (χ1v) is 6.02. The van der Waals surface area contributed by atoms with Gasteiger partial charge < -0.3 is 14.9 Å². The van der Waals surface area contributed by atoms with Gasteiger partial charge >= 0.3 is 0 Å². The van der Waals surface area contributed by atoms with E-state index in [-0.39, 0.29) is 17.7 Å². The molecule has 1 aliphatic rings. The number of amides is 1. The van der Waals surface area contributed by atoms with Gasteiger partial charge in [-0.05, 0) is 12.6 Å². The van der Waals surface area contributed by atoms with Crippen LogP contribution in [0.5, 0.6) is 0 Å². The molecule has 1 aliphatic heterocycles. The van der Waals surface area contributed by atoms with Crippen molar-refractivity contribution in [1.82, 2.24) is 9.80 Å². The third kappa shape index (κ3) is 2.54. The minimum Gasteiger partial charge on any atom is -0.503 e. The average Bonchev–Trinajstić information content (AvgIpc) is 2.39. The van der Waals surface area contributed by atoms with Gasteiger partial charge in [0.05, 0.1) is 6.04 Å². The molecule has 1 fully saturated rings. The predicted molar refractivity (Wildman–Crippen MR) is 70.2 cm³/mol. The van der Waals surface area contributed by atoms with Crippen molar-refractivity contribution in [3.8, 4) is 0 Å². The van der Waals surface area contributed by atoms with E-state index >= 15 is 0 Å². The van der Waals surface area contributed by atoms with Gasteiger partial charge in [-0.15, -0.1) is 0 Å². The molecule has 4 heteroatoms. The fraction of sp³-hybridized carbons (Fsp3) is 0.357. The first kappa shape index (κ1) is 12.6. The minimum absolute atomic E-state index is 0.0265. The van der Waals surface area contributed by atoms with Crippen molar-refractivity contribution in [1.29, 1.82) is 0 Å². The van der Waals surface area contributed by atoms with Crippen molar-refractivity contribution in [2.75, 3.05) is 26.7 Å². The fourth-order valence-electron chi connectivity index (χ4n) is 2.29. The van der Waals surface area contributed by atoms with Crippen molar-refractivity contribution in [2.45, 2.75) is 6.04 Å². The zero-order valence-corrected chi connectivity index (χ0v) is 10.5. The molecule has 0 spiro atoms. The van der Waals surface area contributed by atoms with E-state index in [9.17, 15) is 9.90 Å². The topological polar surface area (TPSA) is 43.8 Å². The molecule has 1 N–H and O–H groups in total. The standard InChI is InChI=1S/C14H18N2O2/c1-11(17)14(18)16-9-8-15(2)10-13(16)12-6-4-3-5-7-12/h3-7,13,17H,1,8-10H2,2H3/t13-/m0/s1. The van der Waals surface area contributed by atoms with Crippen LogP contribution in [0.15, 0.2) is 42.7 Å². The van der Waals surface area contributed by atoms with Crippen LogP contribution in [-0.4, -0.2) is 47.5 Å². The lowest BCUT2D eigenvalue weighted by atomic mass is 10.0. The summed E-state index contributed by atoms with van der Waals surface area (Å²) in [6.07, 6.45) is 0. The van der Waals surface area contributed by atoms with Gasteiger partial charge in [0.1, 0.15) is 0 Å². The summed E-state index contributed by atoms with van der Waals surface area (Å²) in [7, 11) is 2.03. The van der Waals surface area contributed by atoms with Crippen LogP contribution >= 0.6 is 0 Å². The second kappa shape index (κ2) is 5.23. The second-order valence-corrected chi connectivity index (χ2v) is 4.63. The highest BCUT2D eigenvalue weighted by Gasteiger charge is 2.31. The van der Waals surface area contributed by atoms with Crippen molar-refractivity contribution in [3.05, 3.63) is 48.2 Å². The van der Waals surface area contributed by atoms with Gasteiger partial charge in [-0.25, -0.2) is 0 Å². The summed E-state index contributed by atoms with van der Waals surface area (Å²) in [5.41, 5.74) is 1.08. The van der Waals surface area contributed by atoms with E-state index in [4.69, 9.17) is 0 Å². The van der Waals surface area contributed by atoms with Crippen molar-refractivity contribution in [2.24, 2.45) is 0 Å². The fourth-order valence-corrected chi connectivity index (χ4v) is 2.29. The molecular formula is C14H18N2O2. The Balaban J connectivity index is 2.27. The Hall–Kier alpha value is -1.81. The number of piperazine rings is 1. The van der Waals surface area contributed by atoms with Gasteiger partial charge in [-0.3, -0.25) is 4.79 Å². The van der Waals surface area contributed by atoms with E-state index < -0.39 is 0 Å². The zero-order valence-electron chi connectivity index (χ0n) is 10.5. The van der Waals surface area contributed by atoms with Crippen LogP contribution in [0.25, 0.3) is 0 Å². The van der Waals surface area contributed by atoms with Crippen molar-refractivity contribution >= 4 is 5.91 Å². The summed E-state index contributed by atoms with van der Waals surface area (Å²) in [5, 5.41) is 9.30. The molecule has 1 heterocycles. The highest BCUT2D eigenvalue weighted by molar-refractivity contribution is 5.90. The van der Waals surface area contributed by atoms with Gasteiger partial charge in [0.25, 0.3) is 5.91 Å². The highest BCUT2D eigenvalue weighted by atomic mass is 16.3. The molecular weight excluding hydrogens is 228 g/mol. The number of carbonyl (C=O) groups excluding carboxylic acids is 1. The first-order chi connectivity index (χ1) is 8.59. The third-order valence-electron chi connectivity index (χ3n) is 3.28. The van der Waals surface area contributed by atoms with Crippen LogP contribution in [-0.2, 0) is 4.79 Å². The van der Waals surface area contributed by atoms with Gasteiger partial charge in [-0.2, -0.15) is 0 Å². The highest BCUT2D eigenvalue weighted by Crippen LogP contribution is 2.25. The molecule has 18 heavy (non-hydrogen) atoms. The number of hydrogen-bond donors (Lipinski definition) is 1. The number of aliphatic hydroxyl groups is 1. The number of likely N-dealkylation sites (N-methyl/N-ethyl adjacent to an activating group) is 1. The van der Waals surface area contributed by atoms with Gasteiger partial charge in [0.2, 0.25) is 0 Å². The van der Waals surface area contributed by atoms with Crippen LogP contribution in [0, 0.1) is 0 Å². The maximum Gasteiger partial charge on any atom is 0.288 e. The number of rotatable bonds is 2. The average molecular weight is 246 g/mol. The molecule has 1 aromatic rings. The van der Waals surface area contributed by atoms with E-state index in [1.807, 2.05) is 37.4 Å². The molecule has 0 radical (unpaired) electrons. The number of hydrogen-bond acceptors (Lipinski definition) is 3. The molecule has 1 saturated heterocycles. The lowest BCUT2D eigenvalue weighted by Crippen LogP contribution is -2.49. The Morgan fingerprint density at radius 1 is 1.33 bits per heavy atom. The molecule has 0 bridgehead atoms. The normalized spacial score (nSPS) is 20.7. The van der Waals surface area contributed by atoms with Crippen LogP contribution in [0.1, 0.15) is 11.6 Å². The van der Waals surface area contributed by atoms with Gasteiger partial charge in [0, 0.05) is 19.6 Å². The smallest absolute Gasteiger partial charge is 0.288 e. The summed E-state index contributed by atoms with van der Waals surface area (Å²) in [6, 6.07) is 9.85. The molecule has 1 amide bonds. The molecule has 1 atom stereocenters. The molecule has 1 aromatic carbocycles. The number of aliphatic hydroxyl groups excluding tert-OH is 1. The lowest BCUT2D eigenvalue weighted by Gasteiger charge is -2.40. The quantitative estimate of drug-likeness (QED) is 0.636. The van der Waals surface area contributed by atoms with Crippen LogP contribution in [0.2, 0.25) is 0 Å². The SMILES string of the molecule is C=C(O)C(=O)N1CCN(C)C[C@H]1c1ccccc1. The largest absolute Gasteiger partial charge is 0.503 e. The van der Waals surface area contributed by atoms with E-state index in [2.05, 4.69) is 11.5 Å². The van der Waals surface area contributed by atoms with E-state index in [0.29, 0.717) is 6.54 Å². The number of carbonyl (C=O) groups is 1. The Morgan fingerprint density at radius 2 is 2.00 bits per heavy atom. The minimum atomic E-state index is -0.388. The van der Waals surface area contributed by atoms with Crippen LogP contribution in [0.3, 0.4) is 0 Å². The number of benzene rings is 1. The Labute approximate surface area is 107 Å².